The molecule has 0 aliphatic rings. The van der Waals surface area contributed by atoms with Gasteiger partial charge < -0.3 is 35.3 Å². The molecule has 210 valence electrons. The molecule has 0 bridgehead atoms. The first kappa shape index (κ1) is 29.8. The van der Waals surface area contributed by atoms with Crippen molar-refractivity contribution < 1.29 is 34.3 Å². The summed E-state index contributed by atoms with van der Waals surface area (Å²) in [4.78, 5) is 13.7. The minimum absolute atomic E-state index is 0.0261. The van der Waals surface area contributed by atoms with Gasteiger partial charge in [-0.1, -0.05) is 30.3 Å². The molecule has 0 fully saturated rings. The number of methoxy groups -OCH3 is 1. The van der Waals surface area contributed by atoms with E-state index in [-0.39, 0.29) is 17.1 Å². The number of aromatic hydroxyl groups is 2. The number of benzene rings is 3. The lowest BCUT2D eigenvalue weighted by atomic mass is 10.0. The predicted molar refractivity (Wildman–Crippen MR) is 148 cm³/mol. The quantitative estimate of drug-likeness (QED) is 0.189. The van der Waals surface area contributed by atoms with E-state index in [9.17, 15) is 20.1 Å². The molecule has 0 radical (unpaired) electrons. The van der Waals surface area contributed by atoms with Crippen molar-refractivity contribution >= 4 is 5.91 Å². The smallest absolute Gasteiger partial charge is 0.252 e. The van der Waals surface area contributed by atoms with Gasteiger partial charge in [0.2, 0.25) is 0 Å². The molecular weight excluding hydrogens is 500 g/mol. The Morgan fingerprint density at radius 1 is 0.872 bits per heavy atom. The lowest BCUT2D eigenvalue weighted by Gasteiger charge is -2.24. The van der Waals surface area contributed by atoms with Crippen LogP contribution in [0.1, 0.15) is 46.9 Å². The molecular formula is C30H38N2O7. The highest BCUT2D eigenvalue weighted by Gasteiger charge is 2.16. The maximum Gasteiger partial charge on any atom is 0.252 e. The number of unbranched alkanes of at least 4 members (excludes halogenated alkanes) is 1. The first-order valence-corrected chi connectivity index (χ1v) is 13.0. The van der Waals surface area contributed by atoms with Gasteiger partial charge in [0.25, 0.3) is 5.91 Å². The molecule has 3 aromatic rings. The Bertz CT molecular complexity index is 1170. The van der Waals surface area contributed by atoms with Crippen molar-refractivity contribution in [1.82, 2.24) is 4.90 Å². The molecule has 9 nitrogen and oxygen atoms in total. The molecule has 1 unspecified atom stereocenters. The van der Waals surface area contributed by atoms with Gasteiger partial charge >= 0.3 is 0 Å². The van der Waals surface area contributed by atoms with Crippen molar-refractivity contribution in [2.24, 2.45) is 5.73 Å². The zero-order valence-electron chi connectivity index (χ0n) is 22.3. The summed E-state index contributed by atoms with van der Waals surface area (Å²) >= 11 is 0. The maximum absolute atomic E-state index is 11.4. The van der Waals surface area contributed by atoms with E-state index >= 15 is 0 Å². The van der Waals surface area contributed by atoms with Crippen LogP contribution in [0.2, 0.25) is 0 Å². The van der Waals surface area contributed by atoms with Crippen LogP contribution in [0.15, 0.2) is 66.7 Å². The number of aliphatic hydroxyl groups is 1. The van der Waals surface area contributed by atoms with Crippen LogP contribution in [-0.2, 0) is 11.3 Å². The minimum Gasteiger partial charge on any atom is -0.508 e. The number of hydrogen-bond donors (Lipinski definition) is 4. The summed E-state index contributed by atoms with van der Waals surface area (Å²) in [5, 5.41) is 30.9. The van der Waals surface area contributed by atoms with Gasteiger partial charge in [0.1, 0.15) is 29.6 Å². The summed E-state index contributed by atoms with van der Waals surface area (Å²) in [6, 6.07) is 19.4. The summed E-state index contributed by atoms with van der Waals surface area (Å²) in [7, 11) is 1.60. The highest BCUT2D eigenvalue weighted by molar-refractivity contribution is 5.95. The molecule has 0 aliphatic heterocycles. The number of carbonyl (C=O) groups excluding carboxylic acids is 1. The van der Waals surface area contributed by atoms with Crippen LogP contribution in [0.5, 0.6) is 23.0 Å². The second-order valence-electron chi connectivity index (χ2n) is 9.23. The molecule has 0 aromatic heterocycles. The van der Waals surface area contributed by atoms with Gasteiger partial charge in [-0.2, -0.15) is 0 Å². The van der Waals surface area contributed by atoms with E-state index in [1.165, 1.54) is 23.8 Å². The highest BCUT2D eigenvalue weighted by Crippen LogP contribution is 2.30. The third-order valence-electron chi connectivity index (χ3n) is 6.25. The zero-order valence-corrected chi connectivity index (χ0v) is 22.3. The Morgan fingerprint density at radius 2 is 1.56 bits per heavy atom. The van der Waals surface area contributed by atoms with Crippen molar-refractivity contribution in [3.8, 4) is 23.0 Å². The number of ether oxygens (including phenoxy) is 3. The Hall–Kier alpha value is -3.79. The highest BCUT2D eigenvalue weighted by atomic mass is 16.5. The lowest BCUT2D eigenvalue weighted by molar-refractivity contribution is 0.0997. The maximum atomic E-state index is 11.4. The van der Waals surface area contributed by atoms with Crippen LogP contribution in [-0.4, -0.2) is 66.1 Å². The summed E-state index contributed by atoms with van der Waals surface area (Å²) in [6.07, 6.45) is 1.19. The van der Waals surface area contributed by atoms with Gasteiger partial charge in [0.05, 0.1) is 24.9 Å². The fourth-order valence-corrected chi connectivity index (χ4v) is 4.13. The van der Waals surface area contributed by atoms with Gasteiger partial charge in [-0.15, -0.1) is 0 Å². The molecule has 1 atom stereocenters. The van der Waals surface area contributed by atoms with Crippen molar-refractivity contribution in [1.29, 1.82) is 0 Å². The number of phenolic OH excluding ortho intramolecular Hbond substituents is 1. The van der Waals surface area contributed by atoms with Crippen molar-refractivity contribution in [2.45, 2.75) is 31.9 Å². The van der Waals surface area contributed by atoms with Crippen LogP contribution >= 0.6 is 0 Å². The minimum atomic E-state index is -0.855. The first-order chi connectivity index (χ1) is 18.9. The fourth-order valence-electron chi connectivity index (χ4n) is 4.13. The molecule has 39 heavy (non-hydrogen) atoms. The van der Waals surface area contributed by atoms with Gasteiger partial charge in [0.15, 0.2) is 0 Å². The molecule has 1 amide bonds. The van der Waals surface area contributed by atoms with Gasteiger partial charge in [0, 0.05) is 25.8 Å². The number of amides is 1. The third kappa shape index (κ3) is 9.79. The van der Waals surface area contributed by atoms with E-state index < -0.39 is 12.0 Å². The lowest BCUT2D eigenvalue weighted by Crippen LogP contribution is -2.27. The predicted octanol–water partition coefficient (Wildman–Crippen LogP) is 4.01. The van der Waals surface area contributed by atoms with Gasteiger partial charge in [-0.05, 0) is 67.8 Å². The third-order valence-corrected chi connectivity index (χ3v) is 6.25. The standard InChI is InChI=1S/C30H38N2O7/c1-37-17-18-39-23-9-11-27(33)25(19-23)29(35)13-15-32(21-22-7-3-2-4-8-22)14-5-6-16-38-24-10-12-28(34)26(20-24)30(31)36/h2-4,7-12,19-20,29,33-35H,5-6,13-18,21H2,1H3,(H2,31,36). The van der Waals surface area contributed by atoms with Crippen LogP contribution < -0.4 is 15.2 Å². The molecule has 5 N–H and O–H groups in total. The molecule has 3 aromatic carbocycles. The number of nitrogens with zero attached hydrogens (tertiary/aromatic N) is 1. The molecule has 0 spiro atoms. The Kier molecular flexibility index (Phi) is 11.9. The second kappa shape index (κ2) is 15.6. The molecule has 9 heteroatoms. The van der Waals surface area contributed by atoms with Crippen molar-refractivity contribution in [3.05, 3.63) is 83.4 Å². The number of phenols is 2. The van der Waals surface area contributed by atoms with E-state index in [0.29, 0.717) is 49.8 Å². The number of primary amides is 1. The number of carbonyl (C=O) groups is 1. The van der Waals surface area contributed by atoms with Crippen LogP contribution in [0, 0.1) is 0 Å². The topological polar surface area (TPSA) is 135 Å². The van der Waals surface area contributed by atoms with E-state index in [1.807, 2.05) is 18.2 Å². The van der Waals surface area contributed by atoms with Crippen LogP contribution in [0.3, 0.4) is 0 Å². The van der Waals surface area contributed by atoms with E-state index in [1.54, 1.807) is 25.3 Å². The van der Waals surface area contributed by atoms with Crippen molar-refractivity contribution in [2.75, 3.05) is 40.0 Å². The SMILES string of the molecule is COCCOc1ccc(O)c(C(O)CCN(CCCCOc2ccc(O)c(C(N)=O)c2)Cc2ccccc2)c1. The average Bonchev–Trinajstić information content (AvgIpc) is 2.93. The summed E-state index contributed by atoms with van der Waals surface area (Å²) in [5.74, 6) is 0.181. The fraction of sp³-hybridized carbons (Fsp3) is 0.367. The molecule has 0 aliphatic carbocycles. The largest absolute Gasteiger partial charge is 0.508 e. The zero-order chi connectivity index (χ0) is 28.0. The van der Waals surface area contributed by atoms with E-state index in [2.05, 4.69) is 17.0 Å². The molecule has 0 saturated heterocycles. The first-order valence-electron chi connectivity index (χ1n) is 13.0. The number of aliphatic hydroxyl groups excluding tert-OH is 1. The Balaban J connectivity index is 1.54. The van der Waals surface area contributed by atoms with Gasteiger partial charge in [-0.25, -0.2) is 0 Å². The number of nitrogens with two attached hydrogens (primary N) is 1. The Labute approximate surface area is 229 Å². The average molecular weight is 539 g/mol. The summed E-state index contributed by atoms with van der Waals surface area (Å²) in [5.41, 5.74) is 6.91. The van der Waals surface area contributed by atoms with E-state index in [0.717, 1.165) is 25.9 Å². The van der Waals surface area contributed by atoms with Crippen molar-refractivity contribution in [3.63, 3.8) is 0 Å². The van der Waals surface area contributed by atoms with Gasteiger partial charge in [-0.3, -0.25) is 9.69 Å². The van der Waals surface area contributed by atoms with Crippen LogP contribution in [0.4, 0.5) is 0 Å². The van der Waals surface area contributed by atoms with Crippen LogP contribution in [0.25, 0.3) is 0 Å². The molecule has 0 saturated carbocycles. The molecule has 0 heterocycles. The normalized spacial score (nSPS) is 11.9. The molecule has 3 rings (SSSR count). The Morgan fingerprint density at radius 3 is 2.28 bits per heavy atom. The monoisotopic (exact) mass is 538 g/mol. The summed E-state index contributed by atoms with van der Waals surface area (Å²) < 4.78 is 16.4. The summed E-state index contributed by atoms with van der Waals surface area (Å²) in [6.45, 7) is 3.38. The number of rotatable bonds is 17. The van der Waals surface area contributed by atoms with E-state index in [4.69, 9.17) is 19.9 Å². The second-order valence-corrected chi connectivity index (χ2v) is 9.23. The number of hydrogen-bond acceptors (Lipinski definition) is 8.